The number of rotatable bonds is 5. The van der Waals surface area contributed by atoms with Gasteiger partial charge >= 0.3 is 0 Å². The molecule has 25 heavy (non-hydrogen) atoms. The molecule has 0 atom stereocenters. The molecule has 3 rings (SSSR count). The molecule has 1 aromatic heterocycles. The van der Waals surface area contributed by atoms with Crippen LogP contribution in [0.3, 0.4) is 0 Å². The lowest BCUT2D eigenvalue weighted by molar-refractivity contribution is 0.306. The average molecular weight is 375 g/mol. The van der Waals surface area contributed by atoms with E-state index in [1.54, 1.807) is 24.5 Å². The van der Waals surface area contributed by atoms with Crippen molar-refractivity contribution >= 4 is 35.4 Å². The minimum Gasteiger partial charge on any atom is -0.488 e. The Kier molecular flexibility index (Phi) is 5.26. The third kappa shape index (κ3) is 4.32. The lowest BCUT2D eigenvalue weighted by Crippen LogP contribution is -2.00. The fraction of sp³-hybridized carbons (Fsp3) is 0.111. The first-order valence-electron chi connectivity index (χ1n) is 7.54. The molecule has 0 radical (unpaired) electrons. The Hall–Kier alpha value is -2.50. The molecule has 0 unspecified atom stereocenters. The first-order chi connectivity index (χ1) is 12.0. The van der Waals surface area contributed by atoms with Crippen LogP contribution in [0.4, 0.5) is 5.95 Å². The number of nitrogens with zero attached hydrogens (tertiary/aromatic N) is 3. The van der Waals surface area contributed by atoms with Gasteiger partial charge in [0.2, 0.25) is 5.95 Å². The van der Waals surface area contributed by atoms with E-state index >= 15 is 0 Å². The Balaban J connectivity index is 1.76. The fourth-order valence-corrected chi connectivity index (χ4v) is 2.55. The Morgan fingerprint density at radius 3 is 2.72 bits per heavy atom. The van der Waals surface area contributed by atoms with Crippen LogP contribution in [0.15, 0.2) is 53.8 Å². The number of hydrogen-bond donors (Lipinski definition) is 1. The van der Waals surface area contributed by atoms with Crippen LogP contribution in [0.2, 0.25) is 10.0 Å². The minimum atomic E-state index is 0.336. The van der Waals surface area contributed by atoms with E-state index in [0.29, 0.717) is 28.3 Å². The van der Waals surface area contributed by atoms with Gasteiger partial charge in [-0.3, -0.25) is 0 Å². The highest BCUT2D eigenvalue weighted by Crippen LogP contribution is 2.24. The Morgan fingerprint density at radius 2 is 2.00 bits per heavy atom. The smallest absolute Gasteiger partial charge is 0.221 e. The minimum absolute atomic E-state index is 0.336. The molecule has 0 aliphatic carbocycles. The first-order valence-corrected chi connectivity index (χ1v) is 8.30. The number of aromatic nitrogens is 2. The summed E-state index contributed by atoms with van der Waals surface area (Å²) in [6.45, 7) is 2.23. The first kappa shape index (κ1) is 17.3. The number of ether oxygens (including phenoxy) is 1. The SMILES string of the molecule is Cc1cn(N=Cc2ccccc2OCc2ccc(Cl)c(Cl)c2)c(N)n1. The molecule has 1 heterocycles. The topological polar surface area (TPSA) is 65.4 Å². The van der Waals surface area contributed by atoms with Gasteiger partial charge in [-0.1, -0.05) is 41.4 Å². The van der Waals surface area contributed by atoms with Crippen LogP contribution >= 0.6 is 23.2 Å². The molecule has 0 aliphatic heterocycles. The Labute approximate surface area is 155 Å². The lowest BCUT2D eigenvalue weighted by Gasteiger charge is -2.09. The molecule has 0 bridgehead atoms. The molecule has 0 spiro atoms. The number of para-hydroxylation sites is 1. The summed E-state index contributed by atoms with van der Waals surface area (Å²) in [7, 11) is 0. The van der Waals surface area contributed by atoms with E-state index in [1.807, 2.05) is 37.3 Å². The maximum Gasteiger partial charge on any atom is 0.221 e. The predicted octanol–water partition coefficient (Wildman–Crippen LogP) is 4.54. The zero-order chi connectivity index (χ0) is 17.8. The molecule has 0 saturated carbocycles. The van der Waals surface area contributed by atoms with Gasteiger partial charge in [-0.2, -0.15) is 5.10 Å². The van der Waals surface area contributed by atoms with Crippen LogP contribution in [0.5, 0.6) is 5.75 Å². The van der Waals surface area contributed by atoms with Gasteiger partial charge in [0.15, 0.2) is 0 Å². The molecule has 0 aliphatic rings. The molecular weight excluding hydrogens is 359 g/mol. The van der Waals surface area contributed by atoms with Crippen LogP contribution in [-0.4, -0.2) is 15.9 Å². The van der Waals surface area contributed by atoms with Gasteiger partial charge in [0.25, 0.3) is 0 Å². The van der Waals surface area contributed by atoms with Gasteiger partial charge in [-0.25, -0.2) is 9.66 Å². The predicted molar refractivity (Wildman–Crippen MR) is 102 cm³/mol. The molecule has 2 aromatic carbocycles. The van der Waals surface area contributed by atoms with Crippen molar-refractivity contribution in [1.29, 1.82) is 0 Å². The summed E-state index contributed by atoms with van der Waals surface area (Å²) in [6.07, 6.45) is 3.44. The fourth-order valence-electron chi connectivity index (χ4n) is 2.23. The largest absolute Gasteiger partial charge is 0.488 e. The van der Waals surface area contributed by atoms with Crippen LogP contribution in [0, 0.1) is 6.92 Å². The summed E-state index contributed by atoms with van der Waals surface area (Å²) in [4.78, 5) is 4.11. The molecule has 3 aromatic rings. The van der Waals surface area contributed by atoms with Crippen LogP contribution < -0.4 is 10.5 Å². The zero-order valence-corrected chi connectivity index (χ0v) is 15.0. The Bertz CT molecular complexity index is 921. The van der Waals surface area contributed by atoms with E-state index in [1.165, 1.54) is 4.68 Å². The summed E-state index contributed by atoms with van der Waals surface area (Å²) in [5, 5.41) is 5.35. The van der Waals surface area contributed by atoms with Gasteiger partial charge < -0.3 is 10.5 Å². The Morgan fingerprint density at radius 1 is 1.20 bits per heavy atom. The number of nitrogens with two attached hydrogens (primary N) is 1. The number of aryl methyl sites for hydroxylation is 1. The van der Waals surface area contributed by atoms with Crippen LogP contribution in [0.25, 0.3) is 0 Å². The van der Waals surface area contributed by atoms with Crippen molar-refractivity contribution in [2.75, 3.05) is 5.73 Å². The number of hydrogen-bond acceptors (Lipinski definition) is 4. The normalized spacial score (nSPS) is 11.2. The van der Waals surface area contributed by atoms with E-state index < -0.39 is 0 Å². The van der Waals surface area contributed by atoms with Gasteiger partial charge in [0, 0.05) is 5.56 Å². The van der Waals surface area contributed by atoms with Gasteiger partial charge in [-0.05, 0) is 36.8 Å². The average Bonchev–Trinajstić information content (AvgIpc) is 2.92. The second-order valence-electron chi connectivity index (χ2n) is 5.40. The second-order valence-corrected chi connectivity index (χ2v) is 6.22. The van der Waals surface area contributed by atoms with E-state index in [4.69, 9.17) is 33.7 Å². The van der Waals surface area contributed by atoms with E-state index in [9.17, 15) is 0 Å². The summed E-state index contributed by atoms with van der Waals surface area (Å²) in [5.74, 6) is 1.04. The third-order valence-corrected chi connectivity index (χ3v) is 4.19. The quantitative estimate of drug-likeness (QED) is 0.666. The molecule has 2 N–H and O–H groups in total. The monoisotopic (exact) mass is 374 g/mol. The summed E-state index contributed by atoms with van der Waals surface area (Å²) < 4.78 is 7.41. The van der Waals surface area contributed by atoms with Crippen molar-refractivity contribution in [3.8, 4) is 5.75 Å². The van der Waals surface area contributed by atoms with E-state index in [-0.39, 0.29) is 0 Å². The van der Waals surface area contributed by atoms with Crippen molar-refractivity contribution in [2.24, 2.45) is 5.10 Å². The molecular formula is C18H16Cl2N4O. The summed E-state index contributed by atoms with van der Waals surface area (Å²) >= 11 is 12.0. The number of benzene rings is 2. The van der Waals surface area contributed by atoms with Gasteiger partial charge in [-0.15, -0.1) is 0 Å². The molecule has 0 fully saturated rings. The number of nitrogen functional groups attached to an aromatic ring is 1. The molecule has 0 saturated heterocycles. The second kappa shape index (κ2) is 7.59. The van der Waals surface area contributed by atoms with Crippen molar-refractivity contribution in [3.63, 3.8) is 0 Å². The number of imidazole rings is 1. The van der Waals surface area contributed by atoms with Crippen molar-refractivity contribution < 1.29 is 4.74 Å². The highest BCUT2D eigenvalue weighted by molar-refractivity contribution is 6.42. The molecule has 5 nitrogen and oxygen atoms in total. The maximum atomic E-state index is 6.03. The molecule has 128 valence electrons. The number of halogens is 2. The third-order valence-electron chi connectivity index (χ3n) is 3.45. The van der Waals surface area contributed by atoms with E-state index in [2.05, 4.69) is 10.1 Å². The molecule has 7 heteroatoms. The number of anilines is 1. The summed E-state index contributed by atoms with van der Waals surface area (Å²) in [6, 6.07) is 13.0. The highest BCUT2D eigenvalue weighted by Gasteiger charge is 2.04. The summed E-state index contributed by atoms with van der Waals surface area (Å²) in [5.41, 5.74) is 8.35. The van der Waals surface area contributed by atoms with Gasteiger partial charge in [0.05, 0.1) is 28.2 Å². The maximum absolute atomic E-state index is 6.03. The van der Waals surface area contributed by atoms with Crippen molar-refractivity contribution in [3.05, 3.63) is 75.5 Å². The van der Waals surface area contributed by atoms with E-state index in [0.717, 1.165) is 16.8 Å². The lowest BCUT2D eigenvalue weighted by atomic mass is 10.2. The molecule has 0 amide bonds. The van der Waals surface area contributed by atoms with Crippen molar-refractivity contribution in [1.82, 2.24) is 9.66 Å². The van der Waals surface area contributed by atoms with Crippen molar-refractivity contribution in [2.45, 2.75) is 13.5 Å². The zero-order valence-electron chi connectivity index (χ0n) is 13.5. The van der Waals surface area contributed by atoms with Crippen LogP contribution in [0.1, 0.15) is 16.8 Å². The van der Waals surface area contributed by atoms with Crippen LogP contribution in [-0.2, 0) is 6.61 Å². The standard InChI is InChI=1S/C18H16Cl2N4O/c1-12-10-24(18(21)23-12)22-9-14-4-2-3-5-17(14)25-11-13-6-7-15(19)16(20)8-13/h2-10H,11H2,1H3,(H2,21,23). The van der Waals surface area contributed by atoms with Gasteiger partial charge in [0.1, 0.15) is 12.4 Å². The highest BCUT2D eigenvalue weighted by atomic mass is 35.5.